The number of hydrogen-bond donors (Lipinski definition) is 1. The van der Waals surface area contributed by atoms with Crippen molar-refractivity contribution in [1.82, 2.24) is 14.6 Å². The molecule has 3 fully saturated rings. The number of esters is 1. The molecular weight excluding hydrogens is 739 g/mol. The van der Waals surface area contributed by atoms with Crippen LogP contribution in [0.3, 0.4) is 0 Å². The molecule has 2 aliphatic heterocycles. The molecule has 7 atom stereocenters. The third kappa shape index (κ3) is 8.69. The van der Waals surface area contributed by atoms with Gasteiger partial charge in [-0.15, -0.1) is 0 Å². The molecule has 1 aromatic carbocycles. The van der Waals surface area contributed by atoms with Crippen molar-refractivity contribution in [1.29, 1.82) is 0 Å². The van der Waals surface area contributed by atoms with Gasteiger partial charge >= 0.3 is 5.97 Å². The number of benzene rings is 1. The summed E-state index contributed by atoms with van der Waals surface area (Å²) in [7, 11) is -0.851. The van der Waals surface area contributed by atoms with Gasteiger partial charge in [-0.3, -0.25) is 23.9 Å². The number of nitrogens with zero attached hydrogens (tertiary/aromatic N) is 2. The molecule has 2 aromatic rings. The largest absolute Gasteiger partial charge is 0.497 e. The summed E-state index contributed by atoms with van der Waals surface area (Å²) in [5, 5.41) is 1.35. The van der Waals surface area contributed by atoms with Gasteiger partial charge in [0.15, 0.2) is 5.78 Å². The normalized spacial score (nSPS) is 29.9. The second-order valence-electron chi connectivity index (χ2n) is 17.7. The number of rotatable bonds is 9. The number of ketones is 1. The van der Waals surface area contributed by atoms with Crippen LogP contribution in [0.1, 0.15) is 99.3 Å². The average Bonchev–Trinajstić information content (AvgIpc) is 4.01. The smallest absolute Gasteiger partial charge is 0.307 e. The van der Waals surface area contributed by atoms with Crippen LogP contribution in [0.5, 0.6) is 17.4 Å². The molecular formula is C42H57N3O10S. The van der Waals surface area contributed by atoms with E-state index in [0.717, 1.165) is 6.42 Å². The molecule has 306 valence electrons. The van der Waals surface area contributed by atoms with Crippen molar-refractivity contribution >= 4 is 44.4 Å². The number of sulfonamides is 1. The van der Waals surface area contributed by atoms with E-state index < -0.39 is 55.7 Å². The van der Waals surface area contributed by atoms with E-state index in [-0.39, 0.29) is 61.1 Å². The van der Waals surface area contributed by atoms with Crippen molar-refractivity contribution in [3.63, 3.8) is 0 Å². The molecule has 1 aromatic heterocycles. The molecule has 3 heterocycles. The summed E-state index contributed by atoms with van der Waals surface area (Å²) in [5.74, 6) is -1.66. The zero-order valence-corrected chi connectivity index (χ0v) is 34.7. The van der Waals surface area contributed by atoms with E-state index in [2.05, 4.69) is 16.6 Å². The highest BCUT2D eigenvalue weighted by atomic mass is 32.2. The topological polar surface area (TPSA) is 167 Å². The van der Waals surface area contributed by atoms with Gasteiger partial charge in [0.25, 0.3) is 0 Å². The van der Waals surface area contributed by atoms with Crippen LogP contribution in [-0.4, -0.2) is 85.1 Å². The van der Waals surface area contributed by atoms with E-state index in [4.69, 9.17) is 18.9 Å². The van der Waals surface area contributed by atoms with Gasteiger partial charge in [0, 0.05) is 23.6 Å². The Bertz CT molecular complexity index is 2000. The lowest BCUT2D eigenvalue weighted by atomic mass is 9.82. The number of methoxy groups -OCH3 is 2. The Kier molecular flexibility index (Phi) is 11.6. The molecule has 2 saturated carbocycles. The number of amides is 2. The van der Waals surface area contributed by atoms with Gasteiger partial charge in [0.2, 0.25) is 27.7 Å². The van der Waals surface area contributed by atoms with Crippen molar-refractivity contribution in [2.24, 2.45) is 29.1 Å². The predicted molar refractivity (Wildman–Crippen MR) is 210 cm³/mol. The lowest BCUT2D eigenvalue weighted by molar-refractivity contribution is -0.160. The number of carbonyl (C=O) groups is 4. The zero-order valence-electron chi connectivity index (χ0n) is 33.9. The minimum atomic E-state index is -3.96. The molecule has 6 rings (SSSR count). The maximum atomic E-state index is 14.9. The van der Waals surface area contributed by atoms with Crippen LogP contribution >= 0.6 is 0 Å². The Hall–Kier alpha value is -4.20. The summed E-state index contributed by atoms with van der Waals surface area (Å²) in [6.07, 6.45) is 7.92. The molecule has 2 amide bonds. The lowest BCUT2D eigenvalue weighted by Crippen LogP contribution is -2.48. The maximum absolute atomic E-state index is 14.9. The van der Waals surface area contributed by atoms with Crippen molar-refractivity contribution in [3.05, 3.63) is 36.5 Å². The van der Waals surface area contributed by atoms with Crippen LogP contribution < -0.4 is 18.9 Å². The summed E-state index contributed by atoms with van der Waals surface area (Å²) in [5.41, 5.74) is -2.03. The molecule has 4 aliphatic rings. The van der Waals surface area contributed by atoms with Crippen molar-refractivity contribution in [2.75, 3.05) is 20.8 Å². The molecule has 56 heavy (non-hydrogen) atoms. The highest BCUT2D eigenvalue weighted by molar-refractivity contribution is 7.91. The number of allylic oxidation sites excluding steroid dienone is 2. The monoisotopic (exact) mass is 795 g/mol. The van der Waals surface area contributed by atoms with E-state index >= 15 is 0 Å². The molecule has 0 spiro atoms. The van der Waals surface area contributed by atoms with Crippen LogP contribution in [0.25, 0.3) is 10.8 Å². The van der Waals surface area contributed by atoms with E-state index in [1.165, 1.54) is 4.90 Å². The number of Topliss-reactive ketones (excluding diaryl/α,β-unsaturated/α-hetero) is 1. The standard InChI is InChI=1S/C42H57N3O10S/c1-25-11-9-10-12-27-21-42(27,39(49)44-56(50,51)41(6)15-16-41)22-34(46)33-19-29(54-37-30-14-13-28(52-7)18-32(30)35(53-8)23-43-37)24-45(33)38(48)31(26(2)17-25)20-36(47)55-40(3,4)5/h10,12-14,18,23,25-27,29,31,33H,9,11,15-17,19-22,24H2,1-8H3,(H,44,49)/b12-10-/t25-,26-,27-,29-,31+,33+,42-/m1/s1. The predicted octanol–water partition coefficient (Wildman–Crippen LogP) is 5.92. The quantitative estimate of drug-likeness (QED) is 0.236. The number of carbonyl (C=O) groups excluding carboxylic acids is 4. The van der Waals surface area contributed by atoms with Crippen LogP contribution in [0.15, 0.2) is 36.5 Å². The summed E-state index contributed by atoms with van der Waals surface area (Å²) < 4.78 is 51.0. The van der Waals surface area contributed by atoms with Crippen molar-refractivity contribution in [3.8, 4) is 17.4 Å². The fraction of sp³-hybridized carbons (Fsp3) is 0.643. The molecule has 0 bridgehead atoms. The summed E-state index contributed by atoms with van der Waals surface area (Å²) in [4.78, 5) is 63.0. The average molecular weight is 796 g/mol. The summed E-state index contributed by atoms with van der Waals surface area (Å²) in [6.45, 7) is 11.1. The van der Waals surface area contributed by atoms with Gasteiger partial charge in [0.1, 0.15) is 23.2 Å². The fourth-order valence-electron chi connectivity index (χ4n) is 8.36. The van der Waals surface area contributed by atoms with Crippen molar-refractivity contribution in [2.45, 2.75) is 122 Å². The number of hydrogen-bond acceptors (Lipinski definition) is 11. The third-order valence-corrected chi connectivity index (χ3v) is 14.3. The molecule has 13 nitrogen and oxygen atoms in total. The number of fused-ring (bicyclic) bond motifs is 3. The van der Waals surface area contributed by atoms with Gasteiger partial charge in [0.05, 0.1) is 55.5 Å². The highest BCUT2D eigenvalue weighted by Crippen LogP contribution is 2.58. The number of ether oxygens (including phenoxy) is 4. The molecule has 0 unspecified atom stereocenters. The second kappa shape index (κ2) is 15.6. The Balaban J connectivity index is 1.36. The molecule has 1 saturated heterocycles. The lowest BCUT2D eigenvalue weighted by Gasteiger charge is -2.32. The number of aromatic nitrogens is 1. The first kappa shape index (κ1) is 41.4. The van der Waals surface area contributed by atoms with Gasteiger partial charge in [-0.05, 0) is 102 Å². The third-order valence-electron chi connectivity index (χ3n) is 12.1. The maximum Gasteiger partial charge on any atom is 0.307 e. The minimum absolute atomic E-state index is 0.0307. The van der Waals surface area contributed by atoms with Gasteiger partial charge in [-0.2, -0.15) is 0 Å². The van der Waals surface area contributed by atoms with Crippen LogP contribution in [0.4, 0.5) is 0 Å². The molecule has 2 aliphatic carbocycles. The number of nitrogens with one attached hydrogen (secondary N) is 1. The Labute approximate surface area is 330 Å². The first-order chi connectivity index (χ1) is 26.3. The van der Waals surface area contributed by atoms with Gasteiger partial charge in [-0.1, -0.05) is 26.0 Å². The Morgan fingerprint density at radius 3 is 2.45 bits per heavy atom. The first-order valence-corrected chi connectivity index (χ1v) is 21.2. The highest BCUT2D eigenvalue weighted by Gasteiger charge is 2.62. The van der Waals surface area contributed by atoms with E-state index in [1.54, 1.807) is 54.2 Å². The van der Waals surface area contributed by atoms with Crippen molar-refractivity contribution < 1.29 is 46.5 Å². The van der Waals surface area contributed by atoms with E-state index in [1.807, 2.05) is 31.2 Å². The van der Waals surface area contributed by atoms with Gasteiger partial charge in [-0.25, -0.2) is 13.4 Å². The first-order valence-electron chi connectivity index (χ1n) is 19.8. The Morgan fingerprint density at radius 2 is 1.79 bits per heavy atom. The molecule has 14 heteroatoms. The van der Waals surface area contributed by atoms with Crippen LogP contribution in [0, 0.1) is 29.1 Å². The fourth-order valence-corrected chi connectivity index (χ4v) is 9.69. The Morgan fingerprint density at radius 1 is 1.05 bits per heavy atom. The zero-order chi connectivity index (χ0) is 40.8. The van der Waals surface area contributed by atoms with Crippen LogP contribution in [-0.2, 0) is 33.9 Å². The molecule has 1 N–H and O–H groups in total. The molecule has 0 radical (unpaired) electrons. The SMILES string of the molecule is COc1ccc2c(O[C@@H]3C[C@H]4C(=O)C[C@]5(C(=O)NS(=O)(=O)C6(C)CC6)C[C@H]5/C=C\CC[C@@H](C)C[C@@H](C)[C@H](CC(=O)OC(C)(C)C)C(=O)N4C3)ncc(OC)c2c1. The summed E-state index contributed by atoms with van der Waals surface area (Å²) >= 11 is 0. The summed E-state index contributed by atoms with van der Waals surface area (Å²) in [6, 6.07) is 4.40. The number of pyridine rings is 1. The van der Waals surface area contributed by atoms with Gasteiger partial charge < -0.3 is 23.8 Å². The van der Waals surface area contributed by atoms with Crippen LogP contribution in [0.2, 0.25) is 0 Å². The van der Waals surface area contributed by atoms with E-state index in [9.17, 15) is 27.6 Å². The van der Waals surface area contributed by atoms with E-state index in [0.29, 0.717) is 54.4 Å². The minimum Gasteiger partial charge on any atom is -0.497 e. The second-order valence-corrected chi connectivity index (χ2v) is 19.9.